The standard InChI is InChI=1S/C13H24N2O3/c16-7-5-15(6-8-17)13(18)12-9-10-3-1-2-4-11(10)14-12/h10-12,14,16-17H,1-9H2. The Labute approximate surface area is 108 Å². The lowest BCUT2D eigenvalue weighted by molar-refractivity contribution is -0.134. The highest BCUT2D eigenvalue weighted by atomic mass is 16.3. The average molecular weight is 256 g/mol. The van der Waals surface area contributed by atoms with E-state index in [9.17, 15) is 4.79 Å². The molecule has 2 aliphatic rings. The Bertz CT molecular complexity index is 265. The molecule has 5 nitrogen and oxygen atoms in total. The highest BCUT2D eigenvalue weighted by Crippen LogP contribution is 2.33. The van der Waals surface area contributed by atoms with E-state index in [0.29, 0.717) is 25.0 Å². The van der Waals surface area contributed by atoms with Crippen molar-refractivity contribution in [3.63, 3.8) is 0 Å². The monoisotopic (exact) mass is 256 g/mol. The Kier molecular flexibility index (Phi) is 4.97. The van der Waals surface area contributed by atoms with Crippen LogP contribution >= 0.6 is 0 Å². The highest BCUT2D eigenvalue weighted by molar-refractivity contribution is 5.82. The van der Waals surface area contributed by atoms with E-state index >= 15 is 0 Å². The van der Waals surface area contributed by atoms with Crippen LogP contribution in [0.1, 0.15) is 32.1 Å². The molecule has 18 heavy (non-hydrogen) atoms. The van der Waals surface area contributed by atoms with E-state index in [4.69, 9.17) is 10.2 Å². The molecule has 0 aromatic heterocycles. The van der Waals surface area contributed by atoms with Gasteiger partial charge in [-0.1, -0.05) is 12.8 Å². The summed E-state index contributed by atoms with van der Waals surface area (Å²) in [6, 6.07) is 0.383. The van der Waals surface area contributed by atoms with Crippen molar-refractivity contribution in [2.45, 2.75) is 44.2 Å². The Balaban J connectivity index is 1.92. The topological polar surface area (TPSA) is 72.8 Å². The molecule has 0 spiro atoms. The fourth-order valence-corrected chi connectivity index (χ4v) is 3.30. The first-order valence-corrected chi connectivity index (χ1v) is 7.02. The minimum absolute atomic E-state index is 0.0347. The maximum atomic E-state index is 12.3. The molecule has 0 bridgehead atoms. The van der Waals surface area contributed by atoms with E-state index in [1.54, 1.807) is 4.90 Å². The molecule has 3 unspecified atom stereocenters. The van der Waals surface area contributed by atoms with Gasteiger partial charge in [0.1, 0.15) is 0 Å². The highest BCUT2D eigenvalue weighted by Gasteiger charge is 2.39. The van der Waals surface area contributed by atoms with Gasteiger partial charge in [-0.2, -0.15) is 0 Å². The van der Waals surface area contributed by atoms with Crippen LogP contribution in [0.2, 0.25) is 0 Å². The number of carbonyl (C=O) groups excluding carboxylic acids is 1. The molecule has 1 aliphatic carbocycles. The van der Waals surface area contributed by atoms with E-state index < -0.39 is 0 Å². The zero-order valence-electron chi connectivity index (χ0n) is 10.8. The Morgan fingerprint density at radius 1 is 1.17 bits per heavy atom. The van der Waals surface area contributed by atoms with Gasteiger partial charge in [0, 0.05) is 19.1 Å². The Morgan fingerprint density at radius 2 is 1.83 bits per heavy atom. The largest absolute Gasteiger partial charge is 0.395 e. The molecule has 3 N–H and O–H groups in total. The number of aliphatic hydroxyl groups is 2. The number of amides is 1. The molecule has 1 saturated heterocycles. The number of nitrogens with one attached hydrogen (secondary N) is 1. The second-order valence-electron chi connectivity index (χ2n) is 5.38. The van der Waals surface area contributed by atoms with Crippen molar-refractivity contribution in [3.05, 3.63) is 0 Å². The third kappa shape index (κ3) is 3.02. The molecule has 2 fully saturated rings. The van der Waals surface area contributed by atoms with E-state index in [0.717, 1.165) is 6.42 Å². The van der Waals surface area contributed by atoms with E-state index in [-0.39, 0.29) is 25.2 Å². The first-order valence-electron chi connectivity index (χ1n) is 7.02. The second-order valence-corrected chi connectivity index (χ2v) is 5.38. The zero-order chi connectivity index (χ0) is 13.0. The van der Waals surface area contributed by atoms with Crippen molar-refractivity contribution in [2.75, 3.05) is 26.3 Å². The number of hydrogen-bond donors (Lipinski definition) is 3. The molecule has 0 radical (unpaired) electrons. The van der Waals surface area contributed by atoms with Crippen molar-refractivity contribution in [2.24, 2.45) is 5.92 Å². The van der Waals surface area contributed by atoms with E-state index in [2.05, 4.69) is 5.32 Å². The molecule has 0 aromatic rings. The van der Waals surface area contributed by atoms with Crippen LogP contribution in [-0.2, 0) is 4.79 Å². The van der Waals surface area contributed by atoms with Crippen LogP contribution in [0.5, 0.6) is 0 Å². The molecular weight excluding hydrogens is 232 g/mol. The van der Waals surface area contributed by atoms with Gasteiger partial charge in [-0.3, -0.25) is 4.79 Å². The van der Waals surface area contributed by atoms with E-state index in [1.165, 1.54) is 25.7 Å². The van der Waals surface area contributed by atoms with Crippen molar-refractivity contribution < 1.29 is 15.0 Å². The predicted octanol–water partition coefficient (Wildman–Crippen LogP) is -0.280. The van der Waals surface area contributed by atoms with Gasteiger partial charge in [0.05, 0.1) is 19.3 Å². The molecule has 1 saturated carbocycles. The third-order valence-corrected chi connectivity index (χ3v) is 4.21. The summed E-state index contributed by atoms with van der Waals surface area (Å²) in [4.78, 5) is 13.9. The van der Waals surface area contributed by atoms with Gasteiger partial charge in [0.25, 0.3) is 0 Å². The normalized spacial score (nSPS) is 31.1. The summed E-state index contributed by atoms with van der Waals surface area (Å²) >= 11 is 0. The lowest BCUT2D eigenvalue weighted by atomic mass is 9.85. The van der Waals surface area contributed by atoms with Crippen LogP contribution in [0.3, 0.4) is 0 Å². The molecular formula is C13H24N2O3. The predicted molar refractivity (Wildman–Crippen MR) is 68.0 cm³/mol. The molecule has 104 valence electrons. The van der Waals surface area contributed by atoms with Gasteiger partial charge < -0.3 is 20.4 Å². The van der Waals surface area contributed by atoms with Crippen LogP contribution in [-0.4, -0.2) is 59.4 Å². The lowest BCUT2D eigenvalue weighted by Crippen LogP contribution is -2.47. The maximum Gasteiger partial charge on any atom is 0.239 e. The quantitative estimate of drug-likeness (QED) is 0.632. The van der Waals surface area contributed by atoms with Crippen LogP contribution in [0.25, 0.3) is 0 Å². The number of carbonyl (C=O) groups is 1. The van der Waals surface area contributed by atoms with Gasteiger partial charge in [-0.05, 0) is 25.2 Å². The summed E-state index contributed by atoms with van der Waals surface area (Å²) in [6.07, 6.45) is 5.85. The first-order chi connectivity index (χ1) is 8.76. The molecule has 3 atom stereocenters. The smallest absolute Gasteiger partial charge is 0.239 e. The number of rotatable bonds is 5. The SMILES string of the molecule is O=C(C1CC2CCCCC2N1)N(CCO)CCO. The number of hydrogen-bond acceptors (Lipinski definition) is 4. The molecule has 2 rings (SSSR count). The zero-order valence-corrected chi connectivity index (χ0v) is 10.8. The average Bonchev–Trinajstić information content (AvgIpc) is 2.81. The summed E-state index contributed by atoms with van der Waals surface area (Å²) in [7, 11) is 0. The van der Waals surface area contributed by atoms with Crippen molar-refractivity contribution in [1.29, 1.82) is 0 Å². The summed E-state index contributed by atoms with van der Waals surface area (Å²) in [5.41, 5.74) is 0. The van der Waals surface area contributed by atoms with E-state index in [1.807, 2.05) is 0 Å². The van der Waals surface area contributed by atoms with Gasteiger partial charge in [0.15, 0.2) is 0 Å². The Hall–Kier alpha value is -0.650. The fourth-order valence-electron chi connectivity index (χ4n) is 3.30. The summed E-state index contributed by atoms with van der Waals surface area (Å²) in [5.74, 6) is 0.672. The van der Waals surface area contributed by atoms with Gasteiger partial charge in [-0.15, -0.1) is 0 Å². The molecule has 0 aromatic carbocycles. The van der Waals surface area contributed by atoms with Gasteiger partial charge in [0.2, 0.25) is 5.91 Å². The third-order valence-electron chi connectivity index (χ3n) is 4.21. The van der Waals surface area contributed by atoms with Crippen molar-refractivity contribution in [1.82, 2.24) is 10.2 Å². The van der Waals surface area contributed by atoms with Crippen LogP contribution in [0, 0.1) is 5.92 Å². The first kappa shape index (κ1) is 13.8. The van der Waals surface area contributed by atoms with Crippen LogP contribution in [0.15, 0.2) is 0 Å². The van der Waals surface area contributed by atoms with Gasteiger partial charge in [-0.25, -0.2) is 0 Å². The molecule has 5 heteroatoms. The minimum atomic E-state index is -0.115. The second kappa shape index (κ2) is 6.50. The van der Waals surface area contributed by atoms with Crippen molar-refractivity contribution >= 4 is 5.91 Å². The number of nitrogens with zero attached hydrogens (tertiary/aromatic N) is 1. The number of fused-ring (bicyclic) bond motifs is 1. The lowest BCUT2D eigenvalue weighted by Gasteiger charge is -2.25. The minimum Gasteiger partial charge on any atom is -0.395 e. The maximum absolute atomic E-state index is 12.3. The molecule has 1 aliphatic heterocycles. The molecule has 1 heterocycles. The molecule has 1 amide bonds. The van der Waals surface area contributed by atoms with Crippen LogP contribution < -0.4 is 5.32 Å². The number of aliphatic hydroxyl groups excluding tert-OH is 2. The Morgan fingerprint density at radius 3 is 2.44 bits per heavy atom. The fraction of sp³-hybridized carbons (Fsp3) is 0.923. The van der Waals surface area contributed by atoms with Crippen molar-refractivity contribution in [3.8, 4) is 0 Å². The van der Waals surface area contributed by atoms with Gasteiger partial charge >= 0.3 is 0 Å². The summed E-state index contributed by atoms with van der Waals surface area (Å²) < 4.78 is 0. The van der Waals surface area contributed by atoms with Crippen LogP contribution in [0.4, 0.5) is 0 Å². The summed E-state index contributed by atoms with van der Waals surface area (Å²) in [6.45, 7) is 0.524. The summed E-state index contributed by atoms with van der Waals surface area (Å²) in [5, 5.41) is 21.4.